The van der Waals surface area contributed by atoms with Crippen LogP contribution in [0, 0.1) is 19.7 Å². The highest BCUT2D eigenvalue weighted by Crippen LogP contribution is 2.26. The molecule has 1 saturated heterocycles. The molecule has 0 saturated carbocycles. The molecule has 8 nitrogen and oxygen atoms in total. The summed E-state index contributed by atoms with van der Waals surface area (Å²) in [6.07, 6.45) is 1.05. The van der Waals surface area contributed by atoms with Crippen LogP contribution in [-0.4, -0.2) is 47.9 Å². The first-order valence-corrected chi connectivity index (χ1v) is 11.0. The molecule has 2 atom stereocenters. The van der Waals surface area contributed by atoms with Gasteiger partial charge < -0.3 is 4.74 Å². The van der Waals surface area contributed by atoms with Crippen LogP contribution in [0.15, 0.2) is 29.4 Å². The molecule has 1 fully saturated rings. The number of para-hydroxylation sites is 1. The van der Waals surface area contributed by atoms with Gasteiger partial charge in [-0.05, 0) is 39.3 Å². The number of benzene rings is 1. The number of carbonyl (C=O) groups excluding carboxylic acids is 1. The van der Waals surface area contributed by atoms with Crippen LogP contribution >= 0.6 is 0 Å². The zero-order valence-corrected chi connectivity index (χ0v) is 17.2. The fraction of sp³-hybridized carbons (Fsp3) is 0.421. The highest BCUT2D eigenvalue weighted by Gasteiger charge is 2.31. The summed E-state index contributed by atoms with van der Waals surface area (Å²) < 4.78 is 44.1. The van der Waals surface area contributed by atoms with E-state index in [1.165, 1.54) is 31.3 Å². The summed E-state index contributed by atoms with van der Waals surface area (Å²) in [7, 11) is -3.02. The van der Waals surface area contributed by atoms with Crippen LogP contribution in [0.4, 0.5) is 4.39 Å². The molecule has 0 unspecified atom stereocenters. The molecular weight excluding hydrogens is 399 g/mol. The predicted molar refractivity (Wildman–Crippen MR) is 106 cm³/mol. The number of hydrazone groups is 1. The van der Waals surface area contributed by atoms with E-state index in [4.69, 9.17) is 4.74 Å². The van der Waals surface area contributed by atoms with E-state index >= 15 is 0 Å². The molecule has 10 heteroatoms. The Hall–Kier alpha value is -2.75. The maximum atomic E-state index is 13.6. The summed E-state index contributed by atoms with van der Waals surface area (Å²) in [5, 5.41) is 8.39. The Morgan fingerprint density at radius 3 is 2.79 bits per heavy atom. The molecule has 1 aliphatic heterocycles. The van der Waals surface area contributed by atoms with Gasteiger partial charge in [0.25, 0.3) is 5.91 Å². The van der Waals surface area contributed by atoms with E-state index in [0.29, 0.717) is 17.7 Å². The van der Waals surface area contributed by atoms with Gasteiger partial charge in [-0.2, -0.15) is 10.2 Å². The standard InChI is InChI=1S/C19H23FN4O4S/c1-12-16(13(2)24(23-12)15-8-9-29(26,27)11-15)10-21-22-19(25)14(3)28-18-7-5-4-6-17(18)20/h4-7,10,14-15H,8-9,11H2,1-3H3,(H,22,25)/b21-10-/t14-,15-/m1/s1. The Morgan fingerprint density at radius 2 is 2.14 bits per heavy atom. The van der Waals surface area contributed by atoms with Crippen molar-refractivity contribution >= 4 is 22.0 Å². The largest absolute Gasteiger partial charge is 0.478 e. The Kier molecular flexibility index (Phi) is 6.02. The summed E-state index contributed by atoms with van der Waals surface area (Å²) >= 11 is 0. The third kappa shape index (κ3) is 4.81. The molecule has 0 spiro atoms. The average Bonchev–Trinajstić information content (AvgIpc) is 3.16. The molecule has 2 heterocycles. The third-order valence-corrected chi connectivity index (χ3v) is 6.56. The van der Waals surface area contributed by atoms with Crippen molar-refractivity contribution in [2.24, 2.45) is 5.10 Å². The van der Waals surface area contributed by atoms with Crippen LogP contribution in [0.3, 0.4) is 0 Å². The average molecular weight is 422 g/mol. The summed E-state index contributed by atoms with van der Waals surface area (Å²) in [5.41, 5.74) is 4.53. The van der Waals surface area contributed by atoms with Crippen LogP contribution in [-0.2, 0) is 14.6 Å². The van der Waals surface area contributed by atoms with Crippen molar-refractivity contribution < 1.29 is 22.3 Å². The van der Waals surface area contributed by atoms with Crippen LogP contribution < -0.4 is 10.2 Å². The van der Waals surface area contributed by atoms with Crippen molar-refractivity contribution in [3.63, 3.8) is 0 Å². The highest BCUT2D eigenvalue weighted by molar-refractivity contribution is 7.91. The zero-order valence-electron chi connectivity index (χ0n) is 16.4. The van der Waals surface area contributed by atoms with Crippen molar-refractivity contribution in [1.82, 2.24) is 15.2 Å². The number of aromatic nitrogens is 2. The maximum absolute atomic E-state index is 13.6. The minimum absolute atomic E-state index is 0.0152. The summed E-state index contributed by atoms with van der Waals surface area (Å²) in [5.74, 6) is -0.862. The summed E-state index contributed by atoms with van der Waals surface area (Å²) in [4.78, 5) is 12.1. The minimum atomic E-state index is -3.02. The monoisotopic (exact) mass is 422 g/mol. The van der Waals surface area contributed by atoms with Crippen molar-refractivity contribution in [3.05, 3.63) is 47.0 Å². The number of hydrogen-bond donors (Lipinski definition) is 1. The minimum Gasteiger partial charge on any atom is -0.478 e. The maximum Gasteiger partial charge on any atom is 0.280 e. The van der Waals surface area contributed by atoms with Crippen molar-refractivity contribution in [1.29, 1.82) is 0 Å². The first-order valence-electron chi connectivity index (χ1n) is 9.18. The van der Waals surface area contributed by atoms with Gasteiger partial charge in [-0.3, -0.25) is 9.48 Å². The van der Waals surface area contributed by atoms with Gasteiger partial charge in [0.15, 0.2) is 27.5 Å². The Labute approximate surface area is 168 Å². The topological polar surface area (TPSA) is 103 Å². The van der Waals surface area contributed by atoms with Crippen LogP contribution in [0.5, 0.6) is 5.75 Å². The molecule has 0 bridgehead atoms. The van der Waals surface area contributed by atoms with Crippen LogP contribution in [0.25, 0.3) is 0 Å². The molecule has 1 aromatic heterocycles. The molecule has 0 radical (unpaired) electrons. The number of aryl methyl sites for hydroxylation is 1. The van der Waals surface area contributed by atoms with Gasteiger partial charge >= 0.3 is 0 Å². The molecule has 156 valence electrons. The normalized spacial score (nSPS) is 19.4. The van der Waals surface area contributed by atoms with Gasteiger partial charge in [-0.1, -0.05) is 12.1 Å². The highest BCUT2D eigenvalue weighted by atomic mass is 32.2. The first kappa shape index (κ1) is 21.0. The summed E-state index contributed by atoms with van der Waals surface area (Å²) in [6, 6.07) is 5.64. The number of ether oxygens (including phenoxy) is 1. The number of sulfone groups is 1. The molecule has 1 aliphatic rings. The van der Waals surface area contributed by atoms with Crippen molar-refractivity contribution in [2.45, 2.75) is 39.3 Å². The van der Waals surface area contributed by atoms with Crippen molar-refractivity contribution in [2.75, 3.05) is 11.5 Å². The van der Waals surface area contributed by atoms with Gasteiger partial charge in [0.2, 0.25) is 0 Å². The number of rotatable bonds is 6. The molecule has 29 heavy (non-hydrogen) atoms. The van der Waals surface area contributed by atoms with Crippen molar-refractivity contribution in [3.8, 4) is 5.75 Å². The summed E-state index contributed by atoms with van der Waals surface area (Å²) in [6.45, 7) is 5.12. The molecule has 3 rings (SSSR count). The predicted octanol–water partition coefficient (Wildman–Crippen LogP) is 1.92. The Balaban J connectivity index is 1.64. The number of carbonyl (C=O) groups is 1. The second-order valence-corrected chi connectivity index (χ2v) is 9.24. The number of nitrogens with zero attached hydrogens (tertiary/aromatic N) is 3. The molecule has 0 aliphatic carbocycles. The van der Waals surface area contributed by atoms with E-state index in [1.54, 1.807) is 17.7 Å². The van der Waals surface area contributed by atoms with E-state index in [9.17, 15) is 17.6 Å². The lowest BCUT2D eigenvalue weighted by atomic mass is 10.2. The Bertz CT molecular complexity index is 1050. The van der Waals surface area contributed by atoms with E-state index in [2.05, 4.69) is 15.6 Å². The number of halogens is 1. The zero-order chi connectivity index (χ0) is 21.2. The quantitative estimate of drug-likeness (QED) is 0.566. The lowest BCUT2D eigenvalue weighted by Gasteiger charge is -2.13. The van der Waals surface area contributed by atoms with Gasteiger partial charge in [-0.15, -0.1) is 0 Å². The van der Waals surface area contributed by atoms with Crippen LogP contribution in [0.1, 0.15) is 36.3 Å². The second-order valence-electron chi connectivity index (χ2n) is 7.01. The fourth-order valence-corrected chi connectivity index (χ4v) is 4.91. The van der Waals surface area contributed by atoms with Gasteiger partial charge in [0.05, 0.1) is 29.5 Å². The smallest absolute Gasteiger partial charge is 0.280 e. The van der Waals surface area contributed by atoms with Crippen LogP contribution in [0.2, 0.25) is 0 Å². The van der Waals surface area contributed by atoms with E-state index in [0.717, 1.165) is 5.69 Å². The number of amides is 1. The lowest BCUT2D eigenvalue weighted by Crippen LogP contribution is -2.33. The number of nitrogens with one attached hydrogen (secondary N) is 1. The molecular formula is C19H23FN4O4S. The lowest BCUT2D eigenvalue weighted by molar-refractivity contribution is -0.127. The SMILES string of the molecule is Cc1nn([C@@H]2CCS(=O)(=O)C2)c(C)c1/C=N\NC(=O)[C@@H](C)Oc1ccccc1F. The molecule has 1 aromatic carbocycles. The van der Waals surface area contributed by atoms with Gasteiger partial charge in [0.1, 0.15) is 0 Å². The van der Waals surface area contributed by atoms with Gasteiger partial charge in [-0.25, -0.2) is 18.2 Å². The third-order valence-electron chi connectivity index (χ3n) is 4.81. The first-order chi connectivity index (χ1) is 13.7. The van der Waals surface area contributed by atoms with Gasteiger partial charge in [0, 0.05) is 11.3 Å². The van der Waals surface area contributed by atoms with E-state index in [-0.39, 0.29) is 23.3 Å². The second kappa shape index (κ2) is 8.32. The number of hydrogen-bond acceptors (Lipinski definition) is 6. The van der Waals surface area contributed by atoms with E-state index in [1.807, 2.05) is 6.92 Å². The fourth-order valence-electron chi connectivity index (χ4n) is 3.22. The van der Waals surface area contributed by atoms with E-state index < -0.39 is 27.7 Å². The Morgan fingerprint density at radius 1 is 1.41 bits per heavy atom. The molecule has 1 N–H and O–H groups in total. The molecule has 1 amide bonds. The molecule has 2 aromatic rings.